The summed E-state index contributed by atoms with van der Waals surface area (Å²) in [6.07, 6.45) is 0.274. The number of aryl methyl sites for hydroxylation is 1. The first-order valence-electron chi connectivity index (χ1n) is 11.7. The first-order chi connectivity index (χ1) is 17.0. The number of benzene rings is 1. The summed E-state index contributed by atoms with van der Waals surface area (Å²) in [4.78, 5) is 35.6. The SMILES string of the molecule is Cc1ccncc1C(=O)N1CC2(CCN(c3ccc(C#N)c(C(F)(F)F)c3)CC2)CC1C(=O)N(C)C. The van der Waals surface area contributed by atoms with E-state index < -0.39 is 23.3 Å². The predicted octanol–water partition coefficient (Wildman–Crippen LogP) is 3.87. The summed E-state index contributed by atoms with van der Waals surface area (Å²) in [5.74, 6) is -0.381. The predicted molar refractivity (Wildman–Crippen MR) is 127 cm³/mol. The second-order valence-corrected chi connectivity index (χ2v) is 9.90. The first-order valence-corrected chi connectivity index (χ1v) is 11.7. The molecular formula is C26H28F3N5O2. The maximum Gasteiger partial charge on any atom is 0.417 e. The molecule has 1 atom stereocenters. The van der Waals surface area contributed by atoms with Crippen LogP contribution in [0.1, 0.15) is 46.3 Å². The molecule has 190 valence electrons. The van der Waals surface area contributed by atoms with Crippen molar-refractivity contribution in [3.63, 3.8) is 0 Å². The number of aromatic nitrogens is 1. The van der Waals surface area contributed by atoms with E-state index in [0.29, 0.717) is 50.1 Å². The molecule has 4 rings (SSSR count). The van der Waals surface area contributed by atoms with Crippen LogP contribution in [-0.4, -0.2) is 66.4 Å². The number of halogens is 3. The van der Waals surface area contributed by atoms with Gasteiger partial charge in [0.25, 0.3) is 5.91 Å². The molecule has 0 radical (unpaired) electrons. The molecule has 1 spiro atoms. The number of carbonyl (C=O) groups is 2. The van der Waals surface area contributed by atoms with E-state index in [1.165, 1.54) is 17.2 Å². The minimum absolute atomic E-state index is 0.147. The normalized spacial score (nSPS) is 19.3. The highest BCUT2D eigenvalue weighted by molar-refractivity contribution is 5.98. The summed E-state index contributed by atoms with van der Waals surface area (Å²) >= 11 is 0. The Kier molecular flexibility index (Phi) is 6.69. The summed E-state index contributed by atoms with van der Waals surface area (Å²) < 4.78 is 40.3. The summed E-state index contributed by atoms with van der Waals surface area (Å²) in [6.45, 7) is 3.20. The van der Waals surface area contributed by atoms with Gasteiger partial charge in [-0.15, -0.1) is 0 Å². The molecule has 10 heteroatoms. The fraction of sp³-hybridized carbons (Fsp3) is 0.462. The highest BCUT2D eigenvalue weighted by Crippen LogP contribution is 2.45. The van der Waals surface area contributed by atoms with Crippen molar-refractivity contribution in [3.05, 3.63) is 58.9 Å². The number of nitrogens with zero attached hydrogens (tertiary/aromatic N) is 5. The van der Waals surface area contributed by atoms with Crippen molar-refractivity contribution in [1.29, 1.82) is 5.26 Å². The number of hydrogen-bond donors (Lipinski definition) is 0. The number of pyridine rings is 1. The molecule has 7 nitrogen and oxygen atoms in total. The quantitative estimate of drug-likeness (QED) is 0.641. The molecule has 36 heavy (non-hydrogen) atoms. The average molecular weight is 500 g/mol. The molecule has 2 fully saturated rings. The van der Waals surface area contributed by atoms with E-state index in [-0.39, 0.29) is 17.2 Å². The van der Waals surface area contributed by atoms with E-state index >= 15 is 0 Å². The third-order valence-electron chi connectivity index (χ3n) is 7.38. The molecule has 2 aliphatic heterocycles. The number of hydrogen-bond acceptors (Lipinski definition) is 5. The zero-order valence-electron chi connectivity index (χ0n) is 20.5. The molecule has 1 aromatic heterocycles. The minimum Gasteiger partial charge on any atom is -0.371 e. The molecule has 1 unspecified atom stereocenters. The van der Waals surface area contributed by atoms with Crippen LogP contribution in [0.4, 0.5) is 18.9 Å². The van der Waals surface area contributed by atoms with Crippen LogP contribution < -0.4 is 4.90 Å². The van der Waals surface area contributed by atoms with E-state index in [1.54, 1.807) is 43.4 Å². The van der Waals surface area contributed by atoms with Crippen molar-refractivity contribution in [2.75, 3.05) is 38.6 Å². The second-order valence-electron chi connectivity index (χ2n) is 9.90. The van der Waals surface area contributed by atoms with Gasteiger partial charge in [0.1, 0.15) is 6.04 Å². The molecule has 2 aliphatic rings. The Balaban J connectivity index is 1.56. The third-order valence-corrected chi connectivity index (χ3v) is 7.38. The first kappa shape index (κ1) is 25.5. The number of alkyl halides is 3. The van der Waals surface area contributed by atoms with Gasteiger partial charge in [0.15, 0.2) is 0 Å². The lowest BCUT2D eigenvalue weighted by Crippen LogP contribution is -2.46. The van der Waals surface area contributed by atoms with Crippen molar-refractivity contribution in [2.24, 2.45) is 5.41 Å². The molecule has 0 saturated carbocycles. The van der Waals surface area contributed by atoms with Gasteiger partial charge >= 0.3 is 6.18 Å². The number of carbonyl (C=O) groups excluding carboxylic acids is 2. The highest BCUT2D eigenvalue weighted by Gasteiger charge is 2.50. The number of anilines is 1. The van der Waals surface area contributed by atoms with Crippen LogP contribution in [0.5, 0.6) is 0 Å². The Morgan fingerprint density at radius 1 is 1.19 bits per heavy atom. The van der Waals surface area contributed by atoms with E-state index in [4.69, 9.17) is 5.26 Å². The van der Waals surface area contributed by atoms with Crippen LogP contribution in [0.25, 0.3) is 0 Å². The van der Waals surface area contributed by atoms with Gasteiger partial charge in [-0.25, -0.2) is 0 Å². The monoisotopic (exact) mass is 499 g/mol. The van der Waals surface area contributed by atoms with Crippen molar-refractivity contribution < 1.29 is 22.8 Å². The van der Waals surface area contributed by atoms with Crippen molar-refractivity contribution >= 4 is 17.5 Å². The summed E-state index contributed by atoms with van der Waals surface area (Å²) in [6, 6.07) is 6.55. The van der Waals surface area contributed by atoms with Gasteiger partial charge in [-0.2, -0.15) is 18.4 Å². The molecular weight excluding hydrogens is 471 g/mol. The third kappa shape index (κ3) is 4.74. The number of piperidine rings is 1. The van der Waals surface area contributed by atoms with Crippen LogP contribution in [0.3, 0.4) is 0 Å². The fourth-order valence-corrected chi connectivity index (χ4v) is 5.29. The average Bonchev–Trinajstić information content (AvgIpc) is 3.21. The van der Waals surface area contributed by atoms with Crippen molar-refractivity contribution in [2.45, 2.75) is 38.4 Å². The molecule has 0 aliphatic carbocycles. The maximum atomic E-state index is 13.5. The Bertz CT molecular complexity index is 1210. The molecule has 0 N–H and O–H groups in total. The zero-order valence-corrected chi connectivity index (χ0v) is 20.5. The van der Waals surface area contributed by atoms with Gasteiger partial charge in [-0.05, 0) is 61.4 Å². The molecule has 3 heterocycles. The highest BCUT2D eigenvalue weighted by atomic mass is 19.4. The van der Waals surface area contributed by atoms with Gasteiger partial charge in [0.2, 0.25) is 5.91 Å². The lowest BCUT2D eigenvalue weighted by atomic mass is 9.76. The Morgan fingerprint density at radius 3 is 2.47 bits per heavy atom. The minimum atomic E-state index is -4.62. The van der Waals surface area contributed by atoms with Gasteiger partial charge < -0.3 is 14.7 Å². The Labute approximate surface area is 208 Å². The van der Waals surface area contributed by atoms with Gasteiger partial charge in [-0.1, -0.05) is 0 Å². The van der Waals surface area contributed by atoms with Crippen LogP contribution in [-0.2, 0) is 11.0 Å². The number of likely N-dealkylation sites (N-methyl/N-ethyl adjacent to an activating group) is 1. The summed E-state index contributed by atoms with van der Waals surface area (Å²) in [7, 11) is 3.33. The molecule has 0 bridgehead atoms. The fourth-order valence-electron chi connectivity index (χ4n) is 5.29. The summed E-state index contributed by atoms with van der Waals surface area (Å²) in [5.41, 5.74) is 0.000151. The maximum absolute atomic E-state index is 13.5. The van der Waals surface area contributed by atoms with E-state index in [0.717, 1.165) is 11.6 Å². The number of amides is 2. The van der Waals surface area contributed by atoms with Gasteiger partial charge in [0.05, 0.1) is 22.8 Å². The smallest absolute Gasteiger partial charge is 0.371 e. The molecule has 2 aromatic rings. The van der Waals surface area contributed by atoms with E-state index in [2.05, 4.69) is 4.98 Å². The van der Waals surface area contributed by atoms with Gasteiger partial charge in [-0.3, -0.25) is 14.6 Å². The lowest BCUT2D eigenvalue weighted by Gasteiger charge is -2.40. The largest absolute Gasteiger partial charge is 0.417 e. The van der Waals surface area contributed by atoms with Gasteiger partial charge in [0, 0.05) is 51.8 Å². The van der Waals surface area contributed by atoms with E-state index in [9.17, 15) is 22.8 Å². The standard InChI is InChI=1S/C26H28F3N5O2/c1-17-6-9-31-15-20(17)23(35)34-16-25(13-22(34)24(36)32(2)3)7-10-33(11-8-25)19-5-4-18(14-30)21(12-19)26(27,28)29/h4-6,9,12,15,22H,7-8,10-11,13,16H2,1-3H3. The molecule has 2 saturated heterocycles. The molecule has 1 aromatic carbocycles. The van der Waals surface area contributed by atoms with Crippen LogP contribution in [0.15, 0.2) is 36.7 Å². The van der Waals surface area contributed by atoms with Crippen LogP contribution >= 0.6 is 0 Å². The molecule has 2 amide bonds. The summed E-state index contributed by atoms with van der Waals surface area (Å²) in [5, 5.41) is 9.07. The van der Waals surface area contributed by atoms with Crippen molar-refractivity contribution in [3.8, 4) is 6.07 Å². The van der Waals surface area contributed by atoms with Crippen LogP contribution in [0.2, 0.25) is 0 Å². The second kappa shape index (κ2) is 9.45. The number of nitriles is 1. The Hall–Kier alpha value is -3.61. The number of likely N-dealkylation sites (tertiary alicyclic amines) is 1. The lowest BCUT2D eigenvalue weighted by molar-refractivity contribution is -0.137. The van der Waals surface area contributed by atoms with Crippen molar-refractivity contribution in [1.82, 2.24) is 14.8 Å². The van der Waals surface area contributed by atoms with Crippen LogP contribution in [0, 0.1) is 23.7 Å². The van der Waals surface area contributed by atoms with E-state index in [1.807, 2.05) is 11.8 Å². The zero-order chi connectivity index (χ0) is 26.3. The number of rotatable bonds is 3. The topological polar surface area (TPSA) is 80.5 Å². The Morgan fingerprint density at radius 2 is 1.89 bits per heavy atom.